The number of ether oxygens (including phenoxy) is 2. The molecule has 1 atom stereocenters. The Morgan fingerprint density at radius 2 is 1.86 bits per heavy atom. The molecule has 1 saturated heterocycles. The van der Waals surface area contributed by atoms with Crippen LogP contribution < -0.4 is 9.47 Å². The van der Waals surface area contributed by atoms with E-state index < -0.39 is 0 Å². The van der Waals surface area contributed by atoms with Gasteiger partial charge in [-0.2, -0.15) is 0 Å². The molecule has 1 fully saturated rings. The van der Waals surface area contributed by atoms with E-state index in [0.29, 0.717) is 6.79 Å². The van der Waals surface area contributed by atoms with Crippen molar-refractivity contribution in [1.82, 2.24) is 14.8 Å². The Kier molecular flexibility index (Phi) is 4.73. The van der Waals surface area contributed by atoms with E-state index >= 15 is 0 Å². The van der Waals surface area contributed by atoms with E-state index in [1.54, 1.807) is 0 Å². The number of H-pyrrole nitrogens is 1. The Morgan fingerprint density at radius 1 is 1.07 bits per heavy atom. The van der Waals surface area contributed by atoms with Crippen molar-refractivity contribution >= 4 is 16.7 Å². The molecule has 5 rings (SSSR count). The molecule has 2 aliphatic heterocycles. The molecular formula is C23H25N3O3. The number of para-hydroxylation sites is 1. The van der Waals surface area contributed by atoms with Gasteiger partial charge in [-0.1, -0.05) is 24.3 Å². The number of rotatable bonds is 5. The third-order valence-electron chi connectivity index (χ3n) is 6.03. The third-order valence-corrected chi connectivity index (χ3v) is 6.03. The second-order valence-electron chi connectivity index (χ2n) is 7.79. The summed E-state index contributed by atoms with van der Waals surface area (Å²) in [6.45, 7) is 6.88. The molecule has 0 amide bonds. The summed E-state index contributed by atoms with van der Waals surface area (Å²) in [6, 6.07) is 14.0. The maximum absolute atomic E-state index is 13.1. The van der Waals surface area contributed by atoms with Crippen LogP contribution >= 0.6 is 0 Å². The van der Waals surface area contributed by atoms with Gasteiger partial charge >= 0.3 is 0 Å². The van der Waals surface area contributed by atoms with Crippen molar-refractivity contribution in [1.29, 1.82) is 0 Å². The highest BCUT2D eigenvalue weighted by Crippen LogP contribution is 2.33. The molecule has 3 heterocycles. The Balaban J connectivity index is 1.20. The summed E-state index contributed by atoms with van der Waals surface area (Å²) in [5.74, 6) is 1.84. The van der Waals surface area contributed by atoms with E-state index in [4.69, 9.17) is 9.47 Å². The Labute approximate surface area is 170 Å². The number of Topliss-reactive ketones (excluding diaryl/α,β-unsaturated/α-hetero) is 1. The zero-order valence-corrected chi connectivity index (χ0v) is 16.6. The first kappa shape index (κ1) is 18.2. The SMILES string of the molecule is C[C@@H](C(=O)c1c[nH]c2ccccc12)N1CCN(Cc2ccc3c(c2)OCO3)CC1. The van der Waals surface area contributed by atoms with Gasteiger partial charge in [-0.15, -0.1) is 0 Å². The molecule has 0 radical (unpaired) electrons. The van der Waals surface area contributed by atoms with Crippen LogP contribution in [0.5, 0.6) is 11.5 Å². The number of carbonyl (C=O) groups excluding carboxylic acids is 1. The number of fused-ring (bicyclic) bond motifs is 2. The maximum Gasteiger partial charge on any atom is 0.231 e. The molecule has 3 aromatic rings. The zero-order valence-electron chi connectivity index (χ0n) is 16.6. The van der Waals surface area contributed by atoms with Gasteiger partial charge in [0.2, 0.25) is 6.79 Å². The first-order valence-corrected chi connectivity index (χ1v) is 10.1. The lowest BCUT2D eigenvalue weighted by Crippen LogP contribution is -2.51. The molecule has 1 N–H and O–H groups in total. The first-order valence-electron chi connectivity index (χ1n) is 10.1. The number of nitrogens with zero attached hydrogens (tertiary/aromatic N) is 2. The van der Waals surface area contributed by atoms with Crippen LogP contribution in [0.1, 0.15) is 22.8 Å². The van der Waals surface area contributed by atoms with Crippen molar-refractivity contribution in [3.8, 4) is 11.5 Å². The maximum atomic E-state index is 13.1. The molecular weight excluding hydrogens is 366 g/mol. The fraction of sp³-hybridized carbons (Fsp3) is 0.348. The number of hydrogen-bond acceptors (Lipinski definition) is 5. The van der Waals surface area contributed by atoms with Crippen molar-refractivity contribution < 1.29 is 14.3 Å². The number of piperazine rings is 1. The van der Waals surface area contributed by atoms with Gasteiger partial charge in [-0.25, -0.2) is 0 Å². The van der Waals surface area contributed by atoms with E-state index in [0.717, 1.165) is 60.7 Å². The van der Waals surface area contributed by atoms with Gasteiger partial charge in [-0.05, 0) is 30.7 Å². The van der Waals surface area contributed by atoms with E-state index in [2.05, 4.69) is 26.9 Å². The van der Waals surface area contributed by atoms with E-state index in [-0.39, 0.29) is 11.8 Å². The van der Waals surface area contributed by atoms with E-state index in [1.807, 2.05) is 43.5 Å². The predicted molar refractivity (Wildman–Crippen MR) is 112 cm³/mol. The summed E-state index contributed by atoms with van der Waals surface area (Å²) in [4.78, 5) is 21.0. The van der Waals surface area contributed by atoms with Crippen LogP contribution in [0.4, 0.5) is 0 Å². The number of nitrogens with one attached hydrogen (secondary N) is 1. The predicted octanol–water partition coefficient (Wildman–Crippen LogP) is 3.29. The molecule has 0 bridgehead atoms. The van der Waals surface area contributed by atoms with Gasteiger partial charge in [0.05, 0.1) is 6.04 Å². The zero-order chi connectivity index (χ0) is 19.8. The molecule has 2 aliphatic rings. The minimum Gasteiger partial charge on any atom is -0.454 e. The summed E-state index contributed by atoms with van der Waals surface area (Å²) in [5, 5.41) is 1.01. The van der Waals surface area contributed by atoms with Crippen molar-refractivity contribution in [2.45, 2.75) is 19.5 Å². The molecule has 0 unspecified atom stereocenters. The largest absolute Gasteiger partial charge is 0.454 e. The molecule has 29 heavy (non-hydrogen) atoms. The Hall–Kier alpha value is -2.83. The van der Waals surface area contributed by atoms with Crippen LogP contribution in [0.2, 0.25) is 0 Å². The topological polar surface area (TPSA) is 57.8 Å². The monoisotopic (exact) mass is 391 g/mol. The first-order chi connectivity index (χ1) is 14.2. The molecule has 6 heteroatoms. The molecule has 150 valence electrons. The molecule has 0 saturated carbocycles. The lowest BCUT2D eigenvalue weighted by molar-refractivity contribution is 0.0688. The van der Waals surface area contributed by atoms with Gasteiger partial charge in [0.15, 0.2) is 17.3 Å². The van der Waals surface area contributed by atoms with Crippen LogP contribution in [0.15, 0.2) is 48.7 Å². The minimum atomic E-state index is -0.123. The van der Waals surface area contributed by atoms with Gasteiger partial charge < -0.3 is 14.5 Å². The molecule has 2 aromatic carbocycles. The van der Waals surface area contributed by atoms with E-state index in [9.17, 15) is 4.79 Å². The molecule has 6 nitrogen and oxygen atoms in total. The van der Waals surface area contributed by atoms with Crippen LogP contribution in [-0.2, 0) is 6.54 Å². The van der Waals surface area contributed by atoms with Crippen LogP contribution in [-0.4, -0.2) is 59.6 Å². The summed E-state index contributed by atoms with van der Waals surface area (Å²) in [6.07, 6.45) is 1.85. The number of aromatic nitrogens is 1. The highest BCUT2D eigenvalue weighted by Gasteiger charge is 2.27. The second kappa shape index (κ2) is 7.54. The van der Waals surface area contributed by atoms with Gasteiger partial charge in [-0.3, -0.25) is 14.6 Å². The third kappa shape index (κ3) is 3.50. The van der Waals surface area contributed by atoms with Crippen molar-refractivity contribution in [2.75, 3.05) is 33.0 Å². The minimum absolute atomic E-state index is 0.123. The average molecular weight is 391 g/mol. The summed E-state index contributed by atoms with van der Waals surface area (Å²) >= 11 is 0. The van der Waals surface area contributed by atoms with Crippen LogP contribution in [0.25, 0.3) is 10.9 Å². The number of carbonyl (C=O) groups is 1. The van der Waals surface area contributed by atoms with Gasteiger partial charge in [0.1, 0.15) is 0 Å². The number of aromatic amines is 1. The van der Waals surface area contributed by atoms with Gasteiger partial charge in [0.25, 0.3) is 0 Å². The number of benzene rings is 2. The Morgan fingerprint density at radius 3 is 2.72 bits per heavy atom. The quantitative estimate of drug-likeness (QED) is 0.677. The van der Waals surface area contributed by atoms with Gasteiger partial charge in [0, 0.05) is 55.4 Å². The van der Waals surface area contributed by atoms with Crippen molar-refractivity contribution in [3.63, 3.8) is 0 Å². The summed E-state index contributed by atoms with van der Waals surface area (Å²) in [5.41, 5.74) is 3.03. The highest BCUT2D eigenvalue weighted by molar-refractivity contribution is 6.10. The molecule has 0 spiro atoms. The van der Waals surface area contributed by atoms with Crippen LogP contribution in [0.3, 0.4) is 0 Å². The number of hydrogen-bond donors (Lipinski definition) is 1. The normalized spacial score (nSPS) is 18.2. The Bertz CT molecular complexity index is 1040. The summed E-state index contributed by atoms with van der Waals surface area (Å²) < 4.78 is 10.9. The highest BCUT2D eigenvalue weighted by atomic mass is 16.7. The molecule has 0 aliphatic carbocycles. The van der Waals surface area contributed by atoms with Crippen molar-refractivity contribution in [2.24, 2.45) is 0 Å². The average Bonchev–Trinajstić information content (AvgIpc) is 3.40. The van der Waals surface area contributed by atoms with E-state index in [1.165, 1.54) is 5.56 Å². The fourth-order valence-electron chi connectivity index (χ4n) is 4.27. The fourth-order valence-corrected chi connectivity index (χ4v) is 4.27. The smallest absolute Gasteiger partial charge is 0.231 e. The van der Waals surface area contributed by atoms with Crippen LogP contribution in [0, 0.1) is 0 Å². The second-order valence-corrected chi connectivity index (χ2v) is 7.79. The standard InChI is InChI=1S/C23H25N3O3/c1-16(23(27)19-13-24-20-5-3-2-4-18(19)20)26-10-8-25(9-11-26)14-17-6-7-21-22(12-17)29-15-28-21/h2-7,12-13,16,24H,8-11,14-15H2,1H3/t16-/m0/s1. The molecule has 1 aromatic heterocycles. The van der Waals surface area contributed by atoms with Crippen molar-refractivity contribution in [3.05, 3.63) is 59.8 Å². The number of ketones is 1. The lowest BCUT2D eigenvalue weighted by Gasteiger charge is -2.37. The summed E-state index contributed by atoms with van der Waals surface area (Å²) in [7, 11) is 0. The lowest BCUT2D eigenvalue weighted by atomic mass is 10.0.